The van der Waals surface area contributed by atoms with Gasteiger partial charge in [0.1, 0.15) is 17.2 Å². The number of halogens is 1. The van der Waals surface area contributed by atoms with Gasteiger partial charge in [0.2, 0.25) is 0 Å². The molecule has 0 fully saturated rings. The number of nitro benzene ring substituents is 1. The minimum Gasteiger partial charge on any atom is -0.867 e. The van der Waals surface area contributed by atoms with E-state index in [1.165, 1.54) is 12.3 Å². The maximum atomic E-state index is 12.1. The summed E-state index contributed by atoms with van der Waals surface area (Å²) < 4.78 is 10.9. The van der Waals surface area contributed by atoms with Crippen LogP contribution in [0.25, 0.3) is 0 Å². The molecule has 0 aliphatic rings. The summed E-state index contributed by atoms with van der Waals surface area (Å²) in [4.78, 5) is 14.4. The summed E-state index contributed by atoms with van der Waals surface area (Å²) >= 11 is 5.85. The van der Waals surface area contributed by atoms with Crippen LogP contribution in [0, 0.1) is 10.1 Å². The van der Waals surface area contributed by atoms with Gasteiger partial charge in [-0.15, -0.1) is 0 Å². The Morgan fingerprint density at radius 1 is 1.20 bits per heavy atom. The number of rotatable bonds is 7. The van der Waals surface area contributed by atoms with Crippen LogP contribution in [-0.4, -0.2) is 24.4 Å². The van der Waals surface area contributed by atoms with E-state index in [0.29, 0.717) is 30.4 Å². The van der Waals surface area contributed by atoms with Crippen molar-refractivity contribution in [3.05, 3.63) is 51.0 Å². The van der Waals surface area contributed by atoms with Crippen molar-refractivity contribution in [3.8, 4) is 17.2 Å². The Morgan fingerprint density at radius 3 is 2.56 bits per heavy atom. The number of nitro groups is 1. The minimum absolute atomic E-state index is 0.0171. The molecule has 0 saturated carbocycles. The smallest absolute Gasteiger partial charge is 0.263 e. The van der Waals surface area contributed by atoms with E-state index in [-0.39, 0.29) is 10.6 Å². The van der Waals surface area contributed by atoms with Crippen LogP contribution in [-0.2, 0) is 0 Å². The van der Waals surface area contributed by atoms with E-state index in [1.807, 2.05) is 13.8 Å². The molecule has 0 saturated heterocycles. The van der Waals surface area contributed by atoms with Gasteiger partial charge in [0, 0.05) is 23.4 Å². The molecule has 25 heavy (non-hydrogen) atoms. The summed E-state index contributed by atoms with van der Waals surface area (Å²) in [7, 11) is 0. The van der Waals surface area contributed by atoms with Crippen LogP contribution in [0.4, 0.5) is 11.4 Å². The maximum absolute atomic E-state index is 12.1. The maximum Gasteiger partial charge on any atom is 0.263 e. The second-order valence-corrected chi connectivity index (χ2v) is 5.29. The van der Waals surface area contributed by atoms with Crippen molar-refractivity contribution in [1.82, 2.24) is 0 Å². The lowest BCUT2D eigenvalue weighted by Gasteiger charge is -2.12. The second kappa shape index (κ2) is 8.34. The van der Waals surface area contributed by atoms with Gasteiger partial charge in [-0.05, 0) is 43.4 Å². The molecule has 8 heteroatoms. The monoisotopic (exact) mass is 363 g/mol. The molecule has 0 spiro atoms. The molecule has 0 aromatic heterocycles. The molecule has 0 heterocycles. The van der Waals surface area contributed by atoms with Gasteiger partial charge in [-0.2, -0.15) is 0 Å². The van der Waals surface area contributed by atoms with E-state index < -0.39 is 16.4 Å². The van der Waals surface area contributed by atoms with E-state index >= 15 is 0 Å². The Balaban J connectivity index is 2.44. The molecule has 0 aliphatic heterocycles. The van der Waals surface area contributed by atoms with Crippen LogP contribution in [0.5, 0.6) is 17.2 Å². The average Bonchev–Trinajstić information content (AvgIpc) is 2.57. The SMILES string of the molecule is CCOc1ccc(OCC)c(N=Cc2cc(Cl)cc([N+](=O)[O-])c2[O-])c1. The first-order valence-electron chi connectivity index (χ1n) is 7.54. The molecule has 0 atom stereocenters. The lowest BCUT2D eigenvalue weighted by Crippen LogP contribution is -2.02. The quantitative estimate of drug-likeness (QED) is 0.422. The average molecular weight is 364 g/mol. The fraction of sp³-hybridized carbons (Fsp3) is 0.235. The fourth-order valence-corrected chi connectivity index (χ4v) is 2.32. The first-order valence-corrected chi connectivity index (χ1v) is 7.92. The first-order chi connectivity index (χ1) is 12.0. The highest BCUT2D eigenvalue weighted by Crippen LogP contribution is 2.34. The first kappa shape index (κ1) is 18.5. The Hall–Kier alpha value is -2.80. The number of aliphatic imine (C=N–C) groups is 1. The summed E-state index contributed by atoms with van der Waals surface area (Å²) in [6.45, 7) is 4.61. The minimum atomic E-state index is -0.771. The van der Waals surface area contributed by atoms with Crippen molar-refractivity contribution in [1.29, 1.82) is 0 Å². The van der Waals surface area contributed by atoms with E-state index in [4.69, 9.17) is 21.1 Å². The highest BCUT2D eigenvalue weighted by Gasteiger charge is 2.12. The normalized spacial score (nSPS) is 10.8. The van der Waals surface area contributed by atoms with Gasteiger partial charge in [0.15, 0.2) is 0 Å². The molecule has 132 valence electrons. The van der Waals surface area contributed by atoms with Gasteiger partial charge in [-0.3, -0.25) is 15.1 Å². The Kier molecular flexibility index (Phi) is 6.19. The summed E-state index contributed by atoms with van der Waals surface area (Å²) in [5.41, 5.74) is -0.139. The van der Waals surface area contributed by atoms with Gasteiger partial charge < -0.3 is 14.6 Å². The summed E-state index contributed by atoms with van der Waals surface area (Å²) in [5, 5.41) is 23.1. The van der Waals surface area contributed by atoms with Crippen molar-refractivity contribution in [3.63, 3.8) is 0 Å². The van der Waals surface area contributed by atoms with Crippen molar-refractivity contribution in [2.45, 2.75) is 13.8 Å². The van der Waals surface area contributed by atoms with Gasteiger partial charge in [-0.1, -0.05) is 11.6 Å². The standard InChI is InChI=1S/C17H17ClN2O5/c1-3-24-13-5-6-16(25-4-2)14(9-13)19-10-11-7-12(18)8-15(17(11)21)20(22)23/h5-10,21H,3-4H2,1-2H3/p-1. The molecular weight excluding hydrogens is 348 g/mol. The molecule has 2 aromatic rings. The van der Waals surface area contributed by atoms with Crippen LogP contribution >= 0.6 is 11.6 Å². The van der Waals surface area contributed by atoms with Gasteiger partial charge in [0.05, 0.1) is 18.1 Å². The van der Waals surface area contributed by atoms with E-state index in [1.54, 1.807) is 18.2 Å². The molecule has 0 bridgehead atoms. The van der Waals surface area contributed by atoms with Crippen LogP contribution in [0.1, 0.15) is 19.4 Å². The van der Waals surface area contributed by atoms with Crippen molar-refractivity contribution in [2.24, 2.45) is 4.99 Å². The Morgan fingerprint density at radius 2 is 1.92 bits per heavy atom. The topological polar surface area (TPSA) is 97.0 Å². The molecule has 0 amide bonds. The highest BCUT2D eigenvalue weighted by molar-refractivity contribution is 6.31. The van der Waals surface area contributed by atoms with Crippen LogP contribution in [0.3, 0.4) is 0 Å². The third-order valence-corrected chi connectivity index (χ3v) is 3.36. The van der Waals surface area contributed by atoms with E-state index in [9.17, 15) is 15.2 Å². The van der Waals surface area contributed by atoms with Crippen molar-refractivity contribution < 1.29 is 19.5 Å². The molecule has 0 radical (unpaired) electrons. The van der Waals surface area contributed by atoms with Gasteiger partial charge in [0.25, 0.3) is 5.69 Å². The van der Waals surface area contributed by atoms with Crippen LogP contribution in [0.15, 0.2) is 35.3 Å². The number of hydrogen-bond acceptors (Lipinski definition) is 6. The third-order valence-electron chi connectivity index (χ3n) is 3.14. The zero-order chi connectivity index (χ0) is 18.4. The van der Waals surface area contributed by atoms with Gasteiger partial charge in [-0.25, -0.2) is 0 Å². The van der Waals surface area contributed by atoms with E-state index in [2.05, 4.69) is 4.99 Å². The highest BCUT2D eigenvalue weighted by atomic mass is 35.5. The molecule has 0 unspecified atom stereocenters. The third kappa shape index (κ3) is 4.60. The lowest BCUT2D eigenvalue weighted by molar-refractivity contribution is -0.398. The summed E-state index contributed by atoms with van der Waals surface area (Å²) in [6, 6.07) is 7.46. The number of nitrogens with zero attached hydrogens (tertiary/aromatic N) is 2. The molecule has 2 aromatic carbocycles. The molecule has 2 rings (SSSR count). The summed E-state index contributed by atoms with van der Waals surface area (Å²) in [6.07, 6.45) is 1.23. The van der Waals surface area contributed by atoms with E-state index in [0.717, 1.165) is 6.07 Å². The fourth-order valence-electron chi connectivity index (χ4n) is 2.10. The predicted octanol–water partition coefficient (Wildman–Crippen LogP) is 3.87. The van der Waals surface area contributed by atoms with Crippen molar-refractivity contribution >= 4 is 29.2 Å². The Labute approximate surface area is 149 Å². The van der Waals surface area contributed by atoms with Gasteiger partial charge >= 0.3 is 0 Å². The second-order valence-electron chi connectivity index (χ2n) is 4.85. The largest absolute Gasteiger partial charge is 0.867 e. The van der Waals surface area contributed by atoms with Crippen LogP contribution < -0.4 is 14.6 Å². The molecule has 7 nitrogen and oxygen atoms in total. The molecule has 0 aliphatic carbocycles. The molecule has 0 N–H and O–H groups in total. The van der Waals surface area contributed by atoms with Crippen LogP contribution in [0.2, 0.25) is 5.02 Å². The lowest BCUT2D eigenvalue weighted by atomic mass is 10.2. The number of ether oxygens (including phenoxy) is 2. The molecular formula is C17H16ClN2O5-. The zero-order valence-electron chi connectivity index (χ0n) is 13.7. The number of benzene rings is 2. The zero-order valence-corrected chi connectivity index (χ0v) is 14.4. The summed E-state index contributed by atoms with van der Waals surface area (Å²) in [5.74, 6) is 0.348. The number of hydrogen-bond donors (Lipinski definition) is 0. The Bertz CT molecular complexity index is 808. The predicted molar refractivity (Wildman–Crippen MR) is 93.6 cm³/mol. The van der Waals surface area contributed by atoms with Crippen molar-refractivity contribution in [2.75, 3.05) is 13.2 Å².